The first kappa shape index (κ1) is 18.5. The Kier molecular flexibility index (Phi) is 6.98. The molecule has 0 radical (unpaired) electrons. The minimum absolute atomic E-state index is 0.295. The lowest BCUT2D eigenvalue weighted by Gasteiger charge is -2.11. The lowest BCUT2D eigenvalue weighted by atomic mass is 10.1. The van der Waals surface area contributed by atoms with Gasteiger partial charge in [-0.25, -0.2) is 4.79 Å². The highest BCUT2D eigenvalue weighted by molar-refractivity contribution is 6.06. The van der Waals surface area contributed by atoms with Crippen molar-refractivity contribution < 1.29 is 23.8 Å². The fourth-order valence-electron chi connectivity index (χ4n) is 2.12. The molecule has 0 heterocycles. The highest BCUT2D eigenvalue weighted by Gasteiger charge is 2.13. The van der Waals surface area contributed by atoms with E-state index in [4.69, 9.17) is 14.2 Å². The van der Waals surface area contributed by atoms with Crippen LogP contribution in [0.1, 0.15) is 27.6 Å². The number of ether oxygens (including phenoxy) is 3. The lowest BCUT2D eigenvalue weighted by molar-refractivity contribution is 0.0526. The van der Waals surface area contributed by atoms with Crippen LogP contribution in [0, 0.1) is 0 Å². The molecule has 1 amide bonds. The molecule has 0 aliphatic heterocycles. The number of hydrogen-bond acceptors (Lipinski definition) is 5. The van der Waals surface area contributed by atoms with Crippen LogP contribution in [0.25, 0.3) is 0 Å². The maximum Gasteiger partial charge on any atom is 0.338 e. The Morgan fingerprint density at radius 3 is 2.40 bits per heavy atom. The van der Waals surface area contributed by atoms with Crippen LogP contribution in [-0.4, -0.2) is 38.8 Å². The number of anilines is 1. The number of carbonyl (C=O) groups is 2. The fraction of sp³-hybridized carbons (Fsp3) is 0.263. The summed E-state index contributed by atoms with van der Waals surface area (Å²) in [6.07, 6.45) is 0. The van der Waals surface area contributed by atoms with E-state index in [9.17, 15) is 9.59 Å². The van der Waals surface area contributed by atoms with Crippen molar-refractivity contribution in [3.05, 3.63) is 59.7 Å². The van der Waals surface area contributed by atoms with Crippen molar-refractivity contribution in [1.29, 1.82) is 0 Å². The van der Waals surface area contributed by atoms with Gasteiger partial charge in [-0.2, -0.15) is 0 Å². The predicted molar refractivity (Wildman–Crippen MR) is 94.2 cm³/mol. The van der Waals surface area contributed by atoms with E-state index in [2.05, 4.69) is 5.32 Å². The van der Waals surface area contributed by atoms with Crippen molar-refractivity contribution in [1.82, 2.24) is 0 Å². The molecule has 25 heavy (non-hydrogen) atoms. The van der Waals surface area contributed by atoms with Gasteiger partial charge >= 0.3 is 5.97 Å². The second-order valence-electron chi connectivity index (χ2n) is 5.09. The van der Waals surface area contributed by atoms with E-state index in [0.29, 0.717) is 42.4 Å². The Labute approximate surface area is 146 Å². The largest absolute Gasteiger partial charge is 0.490 e. The molecule has 0 saturated carbocycles. The van der Waals surface area contributed by atoms with E-state index in [1.54, 1.807) is 62.6 Å². The minimum atomic E-state index is -0.391. The topological polar surface area (TPSA) is 73.9 Å². The summed E-state index contributed by atoms with van der Waals surface area (Å²) in [4.78, 5) is 24.1. The molecule has 0 spiro atoms. The summed E-state index contributed by atoms with van der Waals surface area (Å²) in [5, 5.41) is 2.78. The second-order valence-corrected chi connectivity index (χ2v) is 5.09. The van der Waals surface area contributed by atoms with Gasteiger partial charge in [0.15, 0.2) is 0 Å². The Hall–Kier alpha value is -2.86. The molecule has 132 valence electrons. The molecule has 2 rings (SSSR count). The first-order chi connectivity index (χ1) is 12.2. The molecule has 2 aromatic carbocycles. The van der Waals surface area contributed by atoms with E-state index in [1.165, 1.54) is 0 Å². The number of methoxy groups -OCH3 is 1. The molecule has 0 aliphatic carbocycles. The van der Waals surface area contributed by atoms with Gasteiger partial charge in [0.25, 0.3) is 5.91 Å². The Morgan fingerprint density at radius 2 is 1.72 bits per heavy atom. The van der Waals surface area contributed by atoms with Crippen LogP contribution in [0.2, 0.25) is 0 Å². The number of amides is 1. The molecular formula is C19H21NO5. The van der Waals surface area contributed by atoms with Gasteiger partial charge in [-0.15, -0.1) is 0 Å². The molecule has 6 nitrogen and oxygen atoms in total. The van der Waals surface area contributed by atoms with Gasteiger partial charge in [0.05, 0.1) is 24.3 Å². The third-order valence-corrected chi connectivity index (χ3v) is 3.33. The standard InChI is InChI=1S/C19H21NO5/c1-3-24-19(22)14-8-10-15(11-9-14)20-18(21)16-6-4-5-7-17(16)25-13-12-23-2/h4-11H,3,12-13H2,1-2H3,(H,20,21). The van der Waals surface area contributed by atoms with Crippen LogP contribution in [0.5, 0.6) is 5.75 Å². The normalized spacial score (nSPS) is 10.2. The third kappa shape index (κ3) is 5.32. The summed E-state index contributed by atoms with van der Waals surface area (Å²) in [6.45, 7) is 2.86. The summed E-state index contributed by atoms with van der Waals surface area (Å²) < 4.78 is 15.4. The van der Waals surface area contributed by atoms with E-state index < -0.39 is 5.97 Å². The van der Waals surface area contributed by atoms with Crippen LogP contribution in [0.15, 0.2) is 48.5 Å². The summed E-state index contributed by atoms with van der Waals surface area (Å²) in [6, 6.07) is 13.5. The van der Waals surface area contributed by atoms with Crippen molar-refractivity contribution in [3.63, 3.8) is 0 Å². The predicted octanol–water partition coefficient (Wildman–Crippen LogP) is 3.14. The SMILES string of the molecule is CCOC(=O)c1ccc(NC(=O)c2ccccc2OCCOC)cc1. The van der Waals surface area contributed by atoms with Crippen molar-refractivity contribution in [3.8, 4) is 5.75 Å². The Morgan fingerprint density at radius 1 is 1.00 bits per heavy atom. The maximum absolute atomic E-state index is 12.5. The molecule has 0 atom stereocenters. The number of esters is 1. The molecule has 6 heteroatoms. The van der Waals surface area contributed by atoms with Crippen LogP contribution >= 0.6 is 0 Å². The van der Waals surface area contributed by atoms with Crippen molar-refractivity contribution in [2.24, 2.45) is 0 Å². The summed E-state index contributed by atoms with van der Waals surface area (Å²) in [5.74, 6) is -0.200. The lowest BCUT2D eigenvalue weighted by Crippen LogP contribution is -2.15. The molecular weight excluding hydrogens is 322 g/mol. The first-order valence-corrected chi connectivity index (χ1v) is 7.95. The van der Waals surface area contributed by atoms with Gasteiger partial charge in [0.2, 0.25) is 0 Å². The third-order valence-electron chi connectivity index (χ3n) is 3.33. The summed E-state index contributed by atoms with van der Waals surface area (Å²) in [7, 11) is 1.59. The number of carbonyl (C=O) groups excluding carboxylic acids is 2. The zero-order valence-electron chi connectivity index (χ0n) is 14.3. The monoisotopic (exact) mass is 343 g/mol. The molecule has 0 aliphatic rings. The Balaban J connectivity index is 2.05. The average molecular weight is 343 g/mol. The van der Waals surface area contributed by atoms with E-state index in [0.717, 1.165) is 0 Å². The fourth-order valence-corrected chi connectivity index (χ4v) is 2.12. The van der Waals surface area contributed by atoms with Crippen LogP contribution in [0.4, 0.5) is 5.69 Å². The van der Waals surface area contributed by atoms with Gasteiger partial charge < -0.3 is 19.5 Å². The van der Waals surface area contributed by atoms with E-state index in [1.807, 2.05) is 0 Å². The molecule has 0 unspecified atom stereocenters. The van der Waals surface area contributed by atoms with E-state index >= 15 is 0 Å². The number of rotatable bonds is 8. The number of hydrogen-bond donors (Lipinski definition) is 1. The average Bonchev–Trinajstić information content (AvgIpc) is 2.63. The first-order valence-electron chi connectivity index (χ1n) is 7.95. The van der Waals surface area contributed by atoms with Gasteiger partial charge in [-0.1, -0.05) is 12.1 Å². The van der Waals surface area contributed by atoms with Gasteiger partial charge in [0, 0.05) is 12.8 Å². The van der Waals surface area contributed by atoms with Gasteiger partial charge in [-0.05, 0) is 43.3 Å². The minimum Gasteiger partial charge on any atom is -0.490 e. The summed E-state index contributed by atoms with van der Waals surface area (Å²) in [5.41, 5.74) is 1.43. The smallest absolute Gasteiger partial charge is 0.338 e. The molecule has 0 bridgehead atoms. The maximum atomic E-state index is 12.5. The summed E-state index contributed by atoms with van der Waals surface area (Å²) >= 11 is 0. The highest BCUT2D eigenvalue weighted by atomic mass is 16.5. The Bertz CT molecular complexity index is 712. The van der Waals surface area contributed by atoms with Crippen LogP contribution < -0.4 is 10.1 Å². The molecule has 2 aromatic rings. The molecule has 1 N–H and O–H groups in total. The zero-order valence-corrected chi connectivity index (χ0v) is 14.3. The van der Waals surface area contributed by atoms with Gasteiger partial charge in [-0.3, -0.25) is 4.79 Å². The highest BCUT2D eigenvalue weighted by Crippen LogP contribution is 2.20. The quantitative estimate of drug-likeness (QED) is 0.589. The number of para-hydroxylation sites is 1. The molecule has 0 fully saturated rings. The molecule has 0 aromatic heterocycles. The van der Waals surface area contributed by atoms with Crippen molar-refractivity contribution in [2.45, 2.75) is 6.92 Å². The second kappa shape index (κ2) is 9.44. The van der Waals surface area contributed by atoms with E-state index in [-0.39, 0.29) is 5.91 Å². The zero-order chi connectivity index (χ0) is 18.1. The van der Waals surface area contributed by atoms with Crippen LogP contribution in [0.3, 0.4) is 0 Å². The van der Waals surface area contributed by atoms with Crippen LogP contribution in [-0.2, 0) is 9.47 Å². The van der Waals surface area contributed by atoms with Crippen molar-refractivity contribution in [2.75, 3.05) is 32.2 Å². The number of benzene rings is 2. The van der Waals surface area contributed by atoms with Crippen molar-refractivity contribution >= 4 is 17.6 Å². The molecule has 0 saturated heterocycles. The number of nitrogens with one attached hydrogen (secondary N) is 1. The van der Waals surface area contributed by atoms with Gasteiger partial charge in [0.1, 0.15) is 12.4 Å².